The second-order valence-electron chi connectivity index (χ2n) is 6.07. The predicted octanol–water partition coefficient (Wildman–Crippen LogP) is 3.30. The minimum atomic E-state index is -3.83. The average molecular weight is 350 g/mol. The van der Waals surface area contributed by atoms with Gasteiger partial charge in [0.2, 0.25) is 10.0 Å². The van der Waals surface area contributed by atoms with Crippen LogP contribution in [0.2, 0.25) is 0 Å². The van der Waals surface area contributed by atoms with Gasteiger partial charge in [0.15, 0.2) is 0 Å². The van der Waals surface area contributed by atoms with Gasteiger partial charge < -0.3 is 0 Å². The van der Waals surface area contributed by atoms with Crippen molar-refractivity contribution in [1.82, 2.24) is 4.72 Å². The molecule has 1 aromatic rings. The van der Waals surface area contributed by atoms with Gasteiger partial charge in [0, 0.05) is 10.5 Å². The van der Waals surface area contributed by atoms with Crippen molar-refractivity contribution in [3.63, 3.8) is 0 Å². The third kappa shape index (κ3) is 2.34. The van der Waals surface area contributed by atoms with Crippen molar-refractivity contribution in [3.05, 3.63) is 28.5 Å². The molecule has 1 aromatic carbocycles. The van der Waals surface area contributed by atoms with Crippen molar-refractivity contribution >= 4 is 26.0 Å². The molecule has 0 amide bonds. The van der Waals surface area contributed by atoms with Gasteiger partial charge in [-0.3, -0.25) is 0 Å². The molecule has 0 atom stereocenters. The molecule has 19 heavy (non-hydrogen) atoms. The minimum absolute atomic E-state index is 0.133. The molecule has 1 aliphatic rings. The highest BCUT2D eigenvalue weighted by atomic mass is 79.9. The van der Waals surface area contributed by atoms with Gasteiger partial charge in [-0.2, -0.15) is 0 Å². The summed E-state index contributed by atoms with van der Waals surface area (Å²) in [5, 5.41) is 0. The van der Waals surface area contributed by atoms with E-state index in [2.05, 4.69) is 20.7 Å². The Kier molecular flexibility index (Phi) is 3.35. The number of halogens is 2. The Balaban J connectivity index is 2.30. The lowest BCUT2D eigenvalue weighted by molar-refractivity contribution is 0.457. The summed E-state index contributed by atoms with van der Waals surface area (Å²) in [5.41, 5.74) is -0.266. The van der Waals surface area contributed by atoms with Crippen LogP contribution in [-0.2, 0) is 10.0 Å². The summed E-state index contributed by atoms with van der Waals surface area (Å²) in [6, 6.07) is 3.75. The van der Waals surface area contributed by atoms with Gasteiger partial charge in [-0.05, 0) is 29.0 Å². The number of benzene rings is 1. The zero-order chi connectivity index (χ0) is 14.6. The normalized spacial score (nSPS) is 21.4. The van der Waals surface area contributed by atoms with Crippen LogP contribution in [0, 0.1) is 16.6 Å². The second-order valence-corrected chi connectivity index (χ2v) is 8.67. The predicted molar refractivity (Wildman–Crippen MR) is 75.8 cm³/mol. The third-order valence-electron chi connectivity index (χ3n) is 4.48. The number of rotatable bonds is 3. The maximum absolute atomic E-state index is 13.8. The molecule has 1 saturated carbocycles. The minimum Gasteiger partial charge on any atom is -0.207 e. The molecule has 1 N–H and O–H groups in total. The number of sulfonamides is 1. The van der Waals surface area contributed by atoms with E-state index in [-0.39, 0.29) is 21.8 Å². The van der Waals surface area contributed by atoms with Crippen LogP contribution in [0.5, 0.6) is 0 Å². The molecule has 0 spiro atoms. The fraction of sp³-hybridized carbons (Fsp3) is 0.538. The Morgan fingerprint density at radius 1 is 1.21 bits per heavy atom. The van der Waals surface area contributed by atoms with Crippen LogP contribution in [0.1, 0.15) is 27.7 Å². The van der Waals surface area contributed by atoms with Crippen LogP contribution in [0.3, 0.4) is 0 Å². The molecule has 2 rings (SSSR count). The zero-order valence-electron chi connectivity index (χ0n) is 11.3. The Morgan fingerprint density at radius 2 is 1.74 bits per heavy atom. The lowest BCUT2D eigenvalue weighted by atomic mass is 10.0. The summed E-state index contributed by atoms with van der Waals surface area (Å²) >= 11 is 3.11. The van der Waals surface area contributed by atoms with E-state index in [1.54, 1.807) is 0 Å². The molecule has 1 fully saturated rings. The van der Waals surface area contributed by atoms with Crippen LogP contribution in [0.4, 0.5) is 4.39 Å². The molecule has 106 valence electrons. The van der Waals surface area contributed by atoms with E-state index in [0.717, 1.165) is 6.07 Å². The summed E-state index contributed by atoms with van der Waals surface area (Å²) in [7, 11) is -3.83. The maximum atomic E-state index is 13.8. The fourth-order valence-electron chi connectivity index (χ4n) is 2.40. The van der Waals surface area contributed by atoms with Gasteiger partial charge >= 0.3 is 0 Å². The molecule has 0 radical (unpaired) electrons. The van der Waals surface area contributed by atoms with Gasteiger partial charge in [0.25, 0.3) is 0 Å². The first-order valence-corrected chi connectivity index (χ1v) is 8.25. The number of hydrogen-bond acceptors (Lipinski definition) is 2. The highest BCUT2D eigenvalue weighted by Gasteiger charge is 2.66. The molecular weight excluding hydrogens is 333 g/mol. The Bertz CT molecular complexity index is 612. The first-order chi connectivity index (χ1) is 8.50. The van der Waals surface area contributed by atoms with E-state index in [4.69, 9.17) is 0 Å². The third-order valence-corrected chi connectivity index (χ3v) is 6.43. The molecule has 0 aliphatic heterocycles. The van der Waals surface area contributed by atoms with Crippen molar-refractivity contribution in [2.45, 2.75) is 38.6 Å². The zero-order valence-corrected chi connectivity index (χ0v) is 13.7. The number of nitrogens with one attached hydrogen (secondary N) is 1. The largest absolute Gasteiger partial charge is 0.243 e. The molecule has 1 aliphatic carbocycles. The van der Waals surface area contributed by atoms with Crippen LogP contribution in [0.25, 0.3) is 0 Å². The molecule has 0 heterocycles. The second kappa shape index (κ2) is 4.27. The first kappa shape index (κ1) is 14.9. The molecule has 0 aromatic heterocycles. The quantitative estimate of drug-likeness (QED) is 0.909. The maximum Gasteiger partial charge on any atom is 0.243 e. The van der Waals surface area contributed by atoms with Crippen LogP contribution in [0.15, 0.2) is 27.6 Å². The lowest BCUT2D eigenvalue weighted by Crippen LogP contribution is -2.30. The summed E-state index contributed by atoms with van der Waals surface area (Å²) < 4.78 is 41.3. The van der Waals surface area contributed by atoms with Crippen LogP contribution in [-0.4, -0.2) is 14.5 Å². The van der Waals surface area contributed by atoms with E-state index in [9.17, 15) is 12.8 Å². The molecule has 0 unspecified atom stereocenters. The summed E-state index contributed by atoms with van der Waals surface area (Å²) in [6.07, 6.45) is 0. The van der Waals surface area contributed by atoms with Gasteiger partial charge in [0.1, 0.15) is 10.7 Å². The Morgan fingerprint density at radius 3 is 2.16 bits per heavy atom. The highest BCUT2D eigenvalue weighted by molar-refractivity contribution is 9.10. The van der Waals surface area contributed by atoms with Crippen molar-refractivity contribution in [3.8, 4) is 0 Å². The van der Waals surface area contributed by atoms with E-state index in [1.165, 1.54) is 12.1 Å². The van der Waals surface area contributed by atoms with Crippen molar-refractivity contribution in [1.29, 1.82) is 0 Å². The molecule has 3 nitrogen and oxygen atoms in total. The van der Waals surface area contributed by atoms with Crippen molar-refractivity contribution in [2.75, 3.05) is 0 Å². The molecule has 0 bridgehead atoms. The lowest BCUT2D eigenvalue weighted by Gasteiger charge is -2.09. The first-order valence-electron chi connectivity index (χ1n) is 5.97. The van der Waals surface area contributed by atoms with Crippen LogP contribution >= 0.6 is 15.9 Å². The summed E-state index contributed by atoms with van der Waals surface area (Å²) in [5.74, 6) is -0.752. The van der Waals surface area contributed by atoms with E-state index in [0.29, 0.717) is 4.47 Å². The number of hydrogen-bond donors (Lipinski definition) is 1. The Hall–Kier alpha value is -0.460. The summed E-state index contributed by atoms with van der Waals surface area (Å²) in [6.45, 7) is 7.99. The van der Waals surface area contributed by atoms with Gasteiger partial charge in [0.05, 0.1) is 0 Å². The smallest absolute Gasteiger partial charge is 0.207 e. The van der Waals surface area contributed by atoms with E-state index in [1.807, 2.05) is 27.7 Å². The average Bonchev–Trinajstić information content (AvgIpc) is 2.59. The van der Waals surface area contributed by atoms with Gasteiger partial charge in [-0.1, -0.05) is 43.6 Å². The van der Waals surface area contributed by atoms with Crippen molar-refractivity contribution < 1.29 is 12.8 Å². The Labute approximate surface area is 121 Å². The monoisotopic (exact) mass is 349 g/mol. The van der Waals surface area contributed by atoms with E-state index >= 15 is 0 Å². The standard InChI is InChI=1S/C13H17BrFNO2S/c1-12(2)11(13(12,3)4)16-19(17,18)10-6-5-8(14)7-9(10)15/h5-7,11,16H,1-4H3. The van der Waals surface area contributed by atoms with E-state index < -0.39 is 15.8 Å². The highest BCUT2D eigenvalue weighted by Crippen LogP contribution is 2.62. The van der Waals surface area contributed by atoms with Crippen molar-refractivity contribution in [2.24, 2.45) is 10.8 Å². The molecular formula is C13H17BrFNO2S. The SMILES string of the molecule is CC1(C)C(NS(=O)(=O)c2ccc(Br)cc2F)C1(C)C. The fourth-order valence-corrected chi connectivity index (χ4v) is 4.33. The molecule has 6 heteroatoms. The van der Waals surface area contributed by atoms with Gasteiger partial charge in [-0.25, -0.2) is 17.5 Å². The topological polar surface area (TPSA) is 46.2 Å². The van der Waals surface area contributed by atoms with Crippen LogP contribution < -0.4 is 4.72 Å². The molecule has 0 saturated heterocycles. The summed E-state index contributed by atoms with van der Waals surface area (Å²) in [4.78, 5) is -0.311. The van der Waals surface area contributed by atoms with Gasteiger partial charge in [-0.15, -0.1) is 0 Å².